The second-order valence-corrected chi connectivity index (χ2v) is 6.31. The Morgan fingerprint density at radius 3 is 2.43 bits per heavy atom. The van der Waals surface area contributed by atoms with E-state index in [0.29, 0.717) is 25.9 Å². The molecule has 2 aliphatic rings. The number of carbonyl (C=O) groups excluding carboxylic acids is 2. The number of aromatic nitrogens is 1. The zero-order chi connectivity index (χ0) is 16.8. The molecule has 7 nitrogen and oxygen atoms in total. The fourth-order valence-electron chi connectivity index (χ4n) is 3.09. The number of carbonyl (C=O) groups is 2. The number of amides is 1. The molecule has 0 radical (unpaired) electrons. The van der Waals surface area contributed by atoms with E-state index in [9.17, 15) is 14.4 Å². The minimum absolute atomic E-state index is 0.186. The smallest absolute Gasteiger partial charge is 0.430 e. The zero-order valence-electron chi connectivity index (χ0n) is 13.5. The van der Waals surface area contributed by atoms with E-state index in [2.05, 4.69) is 0 Å². The van der Waals surface area contributed by atoms with Crippen molar-refractivity contribution in [3.8, 4) is 0 Å². The highest BCUT2D eigenvalue weighted by Crippen LogP contribution is 2.32. The predicted octanol–water partition coefficient (Wildman–Crippen LogP) is 1.14. The number of ether oxygens (including phenoxy) is 2. The Labute approximate surface area is 133 Å². The van der Waals surface area contributed by atoms with Crippen molar-refractivity contribution in [2.75, 3.05) is 19.7 Å². The SMILES string of the molecule is Cc1cc(C(=O)N2CCC3(CC2)COC(=O)O3)c(=O)n(C)c1C. The first-order chi connectivity index (χ1) is 10.8. The van der Waals surface area contributed by atoms with E-state index in [4.69, 9.17) is 9.47 Å². The number of pyridine rings is 1. The van der Waals surface area contributed by atoms with Crippen LogP contribution in [-0.4, -0.2) is 46.8 Å². The second kappa shape index (κ2) is 5.40. The lowest BCUT2D eigenvalue weighted by Gasteiger charge is -2.36. The fourth-order valence-corrected chi connectivity index (χ4v) is 3.09. The maximum Gasteiger partial charge on any atom is 0.509 e. The highest BCUT2D eigenvalue weighted by atomic mass is 16.8. The van der Waals surface area contributed by atoms with E-state index < -0.39 is 11.8 Å². The molecule has 0 aliphatic carbocycles. The minimum Gasteiger partial charge on any atom is -0.430 e. The van der Waals surface area contributed by atoms with Crippen LogP contribution in [0.4, 0.5) is 4.79 Å². The molecular formula is C16H20N2O5. The molecule has 2 aliphatic heterocycles. The van der Waals surface area contributed by atoms with E-state index >= 15 is 0 Å². The van der Waals surface area contributed by atoms with Gasteiger partial charge in [-0.05, 0) is 25.5 Å². The lowest BCUT2D eigenvalue weighted by Crippen LogP contribution is -2.49. The standard InChI is InChI=1S/C16H20N2O5/c1-10-8-12(13(19)17(3)11(10)2)14(20)18-6-4-16(5-7-18)9-22-15(21)23-16/h8H,4-7,9H2,1-3H3. The van der Waals surface area contributed by atoms with Crippen molar-refractivity contribution in [2.45, 2.75) is 32.3 Å². The van der Waals surface area contributed by atoms with E-state index in [1.165, 1.54) is 4.57 Å². The van der Waals surface area contributed by atoms with Crippen molar-refractivity contribution >= 4 is 12.1 Å². The number of piperidine rings is 1. The molecule has 2 saturated heterocycles. The molecular weight excluding hydrogens is 300 g/mol. The third-order valence-corrected chi connectivity index (χ3v) is 4.91. The molecule has 23 heavy (non-hydrogen) atoms. The lowest BCUT2D eigenvalue weighted by molar-refractivity contribution is 0.00275. The van der Waals surface area contributed by atoms with Gasteiger partial charge in [-0.3, -0.25) is 9.59 Å². The van der Waals surface area contributed by atoms with Crippen molar-refractivity contribution in [3.05, 3.63) is 33.2 Å². The van der Waals surface area contributed by atoms with Gasteiger partial charge in [0.15, 0.2) is 5.60 Å². The first-order valence-corrected chi connectivity index (χ1v) is 7.65. The highest BCUT2D eigenvalue weighted by molar-refractivity contribution is 5.94. The first-order valence-electron chi connectivity index (χ1n) is 7.65. The summed E-state index contributed by atoms with van der Waals surface area (Å²) in [6, 6.07) is 1.66. The molecule has 0 saturated carbocycles. The van der Waals surface area contributed by atoms with Crippen LogP contribution in [0.3, 0.4) is 0 Å². The lowest BCUT2D eigenvalue weighted by atomic mass is 9.92. The Morgan fingerprint density at radius 2 is 1.87 bits per heavy atom. The molecule has 1 aromatic heterocycles. The van der Waals surface area contributed by atoms with Gasteiger partial charge in [-0.2, -0.15) is 0 Å². The van der Waals surface area contributed by atoms with Gasteiger partial charge < -0.3 is 18.9 Å². The third kappa shape index (κ3) is 2.60. The van der Waals surface area contributed by atoms with Gasteiger partial charge in [-0.1, -0.05) is 0 Å². The van der Waals surface area contributed by atoms with Gasteiger partial charge in [0.1, 0.15) is 12.2 Å². The molecule has 1 amide bonds. The Hall–Kier alpha value is -2.31. The molecule has 0 unspecified atom stereocenters. The number of likely N-dealkylation sites (tertiary alicyclic amines) is 1. The summed E-state index contributed by atoms with van der Waals surface area (Å²) in [7, 11) is 1.67. The summed E-state index contributed by atoms with van der Waals surface area (Å²) in [6.45, 7) is 4.84. The summed E-state index contributed by atoms with van der Waals surface area (Å²) >= 11 is 0. The molecule has 2 fully saturated rings. The molecule has 7 heteroatoms. The van der Waals surface area contributed by atoms with Crippen LogP contribution in [0, 0.1) is 13.8 Å². The van der Waals surface area contributed by atoms with Gasteiger partial charge in [0, 0.05) is 38.7 Å². The van der Waals surface area contributed by atoms with Crippen LogP contribution in [0.5, 0.6) is 0 Å². The summed E-state index contributed by atoms with van der Waals surface area (Å²) in [6.07, 6.45) is 0.401. The van der Waals surface area contributed by atoms with E-state index in [0.717, 1.165) is 11.3 Å². The Morgan fingerprint density at radius 1 is 1.22 bits per heavy atom. The first kappa shape index (κ1) is 15.6. The van der Waals surface area contributed by atoms with E-state index in [1.807, 2.05) is 13.8 Å². The molecule has 124 valence electrons. The van der Waals surface area contributed by atoms with Gasteiger partial charge in [-0.25, -0.2) is 4.79 Å². The summed E-state index contributed by atoms with van der Waals surface area (Å²) in [5.41, 5.74) is 1.05. The predicted molar refractivity (Wildman–Crippen MR) is 81.5 cm³/mol. The number of nitrogens with zero attached hydrogens (tertiary/aromatic N) is 2. The van der Waals surface area contributed by atoms with Crippen molar-refractivity contribution in [2.24, 2.45) is 7.05 Å². The number of hydrogen-bond acceptors (Lipinski definition) is 5. The largest absolute Gasteiger partial charge is 0.509 e. The summed E-state index contributed by atoms with van der Waals surface area (Å²) < 4.78 is 11.6. The summed E-state index contributed by atoms with van der Waals surface area (Å²) in [5, 5.41) is 0. The zero-order valence-corrected chi connectivity index (χ0v) is 13.5. The molecule has 3 rings (SSSR count). The summed E-state index contributed by atoms with van der Waals surface area (Å²) in [4.78, 5) is 37.8. The molecule has 0 aromatic carbocycles. The second-order valence-electron chi connectivity index (χ2n) is 6.31. The molecule has 1 aromatic rings. The van der Waals surface area contributed by atoms with Gasteiger partial charge in [-0.15, -0.1) is 0 Å². The number of rotatable bonds is 1. The van der Waals surface area contributed by atoms with Crippen molar-refractivity contribution < 1.29 is 19.1 Å². The molecule has 1 spiro atoms. The van der Waals surface area contributed by atoms with Gasteiger partial charge in [0.25, 0.3) is 11.5 Å². The normalized spacial score (nSPS) is 19.6. The fraction of sp³-hybridized carbons (Fsp3) is 0.562. The molecule has 0 N–H and O–H groups in total. The molecule has 0 bridgehead atoms. The average Bonchev–Trinajstić information content (AvgIpc) is 2.89. The monoisotopic (exact) mass is 320 g/mol. The Bertz CT molecular complexity index is 729. The quantitative estimate of drug-likeness (QED) is 0.725. The van der Waals surface area contributed by atoms with Gasteiger partial charge in [0.05, 0.1) is 0 Å². The van der Waals surface area contributed by atoms with E-state index in [-0.39, 0.29) is 23.6 Å². The third-order valence-electron chi connectivity index (χ3n) is 4.91. The maximum absolute atomic E-state index is 12.7. The maximum atomic E-state index is 12.7. The highest BCUT2D eigenvalue weighted by Gasteiger charge is 2.45. The number of aryl methyl sites for hydroxylation is 1. The van der Waals surface area contributed by atoms with E-state index in [1.54, 1.807) is 18.0 Å². The van der Waals surface area contributed by atoms with Crippen molar-refractivity contribution in [1.82, 2.24) is 9.47 Å². The van der Waals surface area contributed by atoms with Crippen LogP contribution in [-0.2, 0) is 16.5 Å². The number of hydrogen-bond donors (Lipinski definition) is 0. The van der Waals surface area contributed by atoms with Crippen LogP contribution < -0.4 is 5.56 Å². The van der Waals surface area contributed by atoms with Crippen molar-refractivity contribution in [1.29, 1.82) is 0 Å². The van der Waals surface area contributed by atoms with Crippen LogP contribution in [0.2, 0.25) is 0 Å². The van der Waals surface area contributed by atoms with Gasteiger partial charge >= 0.3 is 6.16 Å². The van der Waals surface area contributed by atoms with Crippen LogP contribution in [0.1, 0.15) is 34.5 Å². The minimum atomic E-state index is -0.646. The summed E-state index contributed by atoms with van der Waals surface area (Å²) in [5.74, 6) is -0.270. The Balaban J connectivity index is 1.78. The van der Waals surface area contributed by atoms with Crippen molar-refractivity contribution in [3.63, 3.8) is 0 Å². The van der Waals surface area contributed by atoms with Gasteiger partial charge in [0.2, 0.25) is 0 Å². The van der Waals surface area contributed by atoms with Crippen LogP contribution in [0.25, 0.3) is 0 Å². The Kier molecular flexibility index (Phi) is 3.66. The molecule has 3 heterocycles. The topological polar surface area (TPSA) is 77.8 Å². The average molecular weight is 320 g/mol. The van der Waals surface area contributed by atoms with Crippen LogP contribution >= 0.6 is 0 Å². The molecule has 0 atom stereocenters. The number of cyclic esters (lactones) is 1. The van der Waals surface area contributed by atoms with Crippen LogP contribution in [0.15, 0.2) is 10.9 Å².